The average Bonchev–Trinajstić information content (AvgIpc) is 2.41. The first-order chi connectivity index (χ1) is 8.99. The summed E-state index contributed by atoms with van der Waals surface area (Å²) < 4.78 is 5.56. The minimum Gasteiger partial charge on any atom is -0.375 e. The SMILES string of the molecule is CC1CN(C(=O)c2ccc(C(C)C)cc2)C(C)CO1. The second kappa shape index (κ2) is 5.74. The minimum absolute atomic E-state index is 0.109. The van der Waals surface area contributed by atoms with E-state index in [2.05, 4.69) is 13.8 Å². The van der Waals surface area contributed by atoms with Crippen LogP contribution < -0.4 is 0 Å². The van der Waals surface area contributed by atoms with Crippen LogP contribution in [0, 0.1) is 0 Å². The molecule has 0 saturated carbocycles. The Morgan fingerprint density at radius 1 is 1.26 bits per heavy atom. The van der Waals surface area contributed by atoms with Crippen molar-refractivity contribution < 1.29 is 9.53 Å². The van der Waals surface area contributed by atoms with E-state index in [9.17, 15) is 4.79 Å². The lowest BCUT2D eigenvalue weighted by Gasteiger charge is -2.36. The van der Waals surface area contributed by atoms with Crippen LogP contribution in [0.15, 0.2) is 24.3 Å². The second-order valence-electron chi connectivity index (χ2n) is 5.73. The van der Waals surface area contributed by atoms with Gasteiger partial charge in [0.2, 0.25) is 0 Å². The Bertz CT molecular complexity index is 439. The summed E-state index contributed by atoms with van der Waals surface area (Å²) in [5, 5.41) is 0. The van der Waals surface area contributed by atoms with E-state index in [4.69, 9.17) is 4.74 Å². The van der Waals surface area contributed by atoms with Gasteiger partial charge in [0, 0.05) is 12.1 Å². The zero-order valence-corrected chi connectivity index (χ0v) is 12.2. The van der Waals surface area contributed by atoms with Crippen molar-refractivity contribution in [1.29, 1.82) is 0 Å². The fraction of sp³-hybridized carbons (Fsp3) is 0.562. The molecule has 0 radical (unpaired) electrons. The molecule has 1 aliphatic rings. The molecule has 1 saturated heterocycles. The molecule has 2 rings (SSSR count). The average molecular weight is 261 g/mol. The van der Waals surface area contributed by atoms with Crippen molar-refractivity contribution in [3.63, 3.8) is 0 Å². The largest absolute Gasteiger partial charge is 0.375 e. The third-order valence-electron chi connectivity index (χ3n) is 3.69. The first kappa shape index (κ1) is 14.1. The first-order valence-electron chi connectivity index (χ1n) is 7.01. The molecule has 1 fully saturated rings. The summed E-state index contributed by atoms with van der Waals surface area (Å²) in [6.07, 6.45) is 0.120. The molecule has 3 heteroatoms. The van der Waals surface area contributed by atoms with E-state index in [0.717, 1.165) is 5.56 Å². The molecular formula is C16H23NO2. The third-order valence-corrected chi connectivity index (χ3v) is 3.69. The van der Waals surface area contributed by atoms with Crippen molar-refractivity contribution >= 4 is 5.91 Å². The Kier molecular flexibility index (Phi) is 4.25. The molecule has 0 N–H and O–H groups in total. The summed E-state index contributed by atoms with van der Waals surface area (Å²) in [6, 6.07) is 8.11. The molecule has 19 heavy (non-hydrogen) atoms. The molecule has 3 nitrogen and oxygen atoms in total. The van der Waals surface area contributed by atoms with E-state index in [1.54, 1.807) is 0 Å². The molecule has 1 aliphatic heterocycles. The highest BCUT2D eigenvalue weighted by molar-refractivity contribution is 5.94. The van der Waals surface area contributed by atoms with Gasteiger partial charge in [-0.05, 0) is 37.5 Å². The summed E-state index contributed by atoms with van der Waals surface area (Å²) in [7, 11) is 0. The fourth-order valence-corrected chi connectivity index (χ4v) is 2.36. The van der Waals surface area contributed by atoms with Gasteiger partial charge in [-0.2, -0.15) is 0 Å². The van der Waals surface area contributed by atoms with Crippen LogP contribution in [-0.4, -0.2) is 36.1 Å². The van der Waals surface area contributed by atoms with Crippen LogP contribution in [0.4, 0.5) is 0 Å². The first-order valence-corrected chi connectivity index (χ1v) is 7.01. The highest BCUT2D eigenvalue weighted by atomic mass is 16.5. The third kappa shape index (κ3) is 3.16. The van der Waals surface area contributed by atoms with E-state index in [1.165, 1.54) is 5.56 Å². The summed E-state index contributed by atoms with van der Waals surface area (Å²) in [5.74, 6) is 0.601. The number of amides is 1. The lowest BCUT2D eigenvalue weighted by Crippen LogP contribution is -2.50. The van der Waals surface area contributed by atoms with E-state index in [1.807, 2.05) is 43.0 Å². The zero-order valence-electron chi connectivity index (χ0n) is 12.2. The van der Waals surface area contributed by atoms with Crippen LogP contribution in [0.5, 0.6) is 0 Å². The Balaban J connectivity index is 2.14. The molecule has 104 valence electrons. The predicted octanol–water partition coefficient (Wildman–Crippen LogP) is 3.06. The second-order valence-corrected chi connectivity index (χ2v) is 5.73. The van der Waals surface area contributed by atoms with Crippen LogP contribution in [0.3, 0.4) is 0 Å². The van der Waals surface area contributed by atoms with Gasteiger partial charge < -0.3 is 9.64 Å². The van der Waals surface area contributed by atoms with Crippen LogP contribution in [0.1, 0.15) is 49.5 Å². The van der Waals surface area contributed by atoms with E-state index in [0.29, 0.717) is 19.1 Å². The lowest BCUT2D eigenvalue weighted by molar-refractivity contribution is -0.0387. The number of morpholine rings is 1. The number of carbonyl (C=O) groups excluding carboxylic acids is 1. The van der Waals surface area contributed by atoms with Gasteiger partial charge in [0.05, 0.1) is 18.8 Å². The number of hydrogen-bond donors (Lipinski definition) is 0. The minimum atomic E-state index is 0.109. The van der Waals surface area contributed by atoms with Gasteiger partial charge in [0.15, 0.2) is 0 Å². The van der Waals surface area contributed by atoms with Crippen molar-refractivity contribution in [3.05, 3.63) is 35.4 Å². The van der Waals surface area contributed by atoms with Crippen LogP contribution in [-0.2, 0) is 4.74 Å². The Morgan fingerprint density at radius 2 is 1.89 bits per heavy atom. The topological polar surface area (TPSA) is 29.5 Å². The van der Waals surface area contributed by atoms with E-state index >= 15 is 0 Å². The molecule has 1 aromatic rings. The van der Waals surface area contributed by atoms with Gasteiger partial charge in [-0.25, -0.2) is 0 Å². The fourth-order valence-electron chi connectivity index (χ4n) is 2.36. The van der Waals surface area contributed by atoms with Gasteiger partial charge in [-0.3, -0.25) is 4.79 Å². The number of nitrogens with zero attached hydrogens (tertiary/aromatic N) is 1. The van der Waals surface area contributed by atoms with Crippen molar-refractivity contribution in [2.75, 3.05) is 13.2 Å². The lowest BCUT2D eigenvalue weighted by atomic mass is 10.0. The van der Waals surface area contributed by atoms with Crippen molar-refractivity contribution in [3.8, 4) is 0 Å². The molecule has 1 amide bonds. The van der Waals surface area contributed by atoms with E-state index < -0.39 is 0 Å². The highest BCUT2D eigenvalue weighted by Gasteiger charge is 2.28. The van der Waals surface area contributed by atoms with Gasteiger partial charge >= 0.3 is 0 Å². The zero-order chi connectivity index (χ0) is 14.0. The highest BCUT2D eigenvalue weighted by Crippen LogP contribution is 2.18. The van der Waals surface area contributed by atoms with Gasteiger partial charge in [0.1, 0.15) is 0 Å². The normalized spacial score (nSPS) is 23.7. The molecule has 2 unspecified atom stereocenters. The molecule has 1 heterocycles. The molecule has 2 atom stereocenters. The van der Waals surface area contributed by atoms with Crippen molar-refractivity contribution in [2.24, 2.45) is 0 Å². The Hall–Kier alpha value is -1.35. The maximum Gasteiger partial charge on any atom is 0.254 e. The predicted molar refractivity (Wildman–Crippen MR) is 76.4 cm³/mol. The molecule has 0 bridgehead atoms. The molecule has 0 spiro atoms. The Morgan fingerprint density at radius 3 is 2.47 bits per heavy atom. The maximum absolute atomic E-state index is 12.5. The summed E-state index contributed by atoms with van der Waals surface area (Å²) in [4.78, 5) is 14.4. The molecular weight excluding hydrogens is 238 g/mol. The van der Waals surface area contributed by atoms with Crippen molar-refractivity contribution in [1.82, 2.24) is 4.90 Å². The summed E-state index contributed by atoms with van der Waals surface area (Å²) >= 11 is 0. The smallest absolute Gasteiger partial charge is 0.254 e. The maximum atomic E-state index is 12.5. The molecule has 0 aromatic heterocycles. The monoisotopic (exact) mass is 261 g/mol. The van der Waals surface area contributed by atoms with Gasteiger partial charge in [0.25, 0.3) is 5.91 Å². The molecule has 1 aromatic carbocycles. The number of benzene rings is 1. The summed E-state index contributed by atoms with van der Waals surface area (Å²) in [6.45, 7) is 9.65. The standard InChI is InChI=1S/C16H23NO2/c1-11(2)14-5-7-15(8-6-14)16(18)17-9-13(4)19-10-12(17)3/h5-8,11-13H,9-10H2,1-4H3. The van der Waals surface area contributed by atoms with Crippen LogP contribution >= 0.6 is 0 Å². The van der Waals surface area contributed by atoms with E-state index in [-0.39, 0.29) is 18.1 Å². The van der Waals surface area contributed by atoms with Gasteiger partial charge in [-0.1, -0.05) is 26.0 Å². The number of carbonyl (C=O) groups is 1. The molecule has 0 aliphatic carbocycles. The summed E-state index contributed by atoms with van der Waals surface area (Å²) in [5.41, 5.74) is 2.03. The number of rotatable bonds is 2. The Labute approximate surface area is 115 Å². The van der Waals surface area contributed by atoms with Crippen LogP contribution in [0.2, 0.25) is 0 Å². The number of ether oxygens (including phenoxy) is 1. The number of hydrogen-bond acceptors (Lipinski definition) is 2. The van der Waals surface area contributed by atoms with Gasteiger partial charge in [-0.15, -0.1) is 0 Å². The van der Waals surface area contributed by atoms with Crippen molar-refractivity contribution in [2.45, 2.75) is 45.8 Å². The van der Waals surface area contributed by atoms with Crippen LogP contribution in [0.25, 0.3) is 0 Å². The quantitative estimate of drug-likeness (QED) is 0.819.